The maximum absolute atomic E-state index is 12.2. The van der Waals surface area contributed by atoms with E-state index in [-0.39, 0.29) is 18.3 Å². The molecule has 0 saturated heterocycles. The van der Waals surface area contributed by atoms with Crippen LogP contribution in [0.5, 0.6) is 17.2 Å². The third-order valence-electron chi connectivity index (χ3n) is 3.49. The highest BCUT2D eigenvalue weighted by Gasteiger charge is 2.09. The summed E-state index contributed by atoms with van der Waals surface area (Å²) < 4.78 is 16.0. The molecule has 0 bridgehead atoms. The summed E-state index contributed by atoms with van der Waals surface area (Å²) in [6, 6.07) is 10.5. The maximum atomic E-state index is 12.2. The predicted octanol–water partition coefficient (Wildman–Crippen LogP) is 2.83. The third kappa shape index (κ3) is 5.76. The Morgan fingerprint density at radius 3 is 2.24 bits per heavy atom. The van der Waals surface area contributed by atoms with Gasteiger partial charge >= 0.3 is 0 Å². The van der Waals surface area contributed by atoms with E-state index in [0.717, 1.165) is 5.56 Å². The molecule has 1 amide bonds. The molecule has 3 N–H and O–H groups in total. The van der Waals surface area contributed by atoms with Crippen molar-refractivity contribution in [1.82, 2.24) is 5.32 Å². The van der Waals surface area contributed by atoms with Crippen molar-refractivity contribution in [2.24, 2.45) is 0 Å². The third-order valence-corrected chi connectivity index (χ3v) is 3.49. The molecule has 136 valence electrons. The van der Waals surface area contributed by atoms with E-state index in [1.807, 2.05) is 13.0 Å². The van der Waals surface area contributed by atoms with Gasteiger partial charge in [0.15, 0.2) is 0 Å². The minimum absolute atomic E-state index is 0. The number of aryl methyl sites for hydroxylation is 1. The van der Waals surface area contributed by atoms with Crippen LogP contribution in [0, 0.1) is 6.92 Å². The first-order valence-corrected chi connectivity index (χ1v) is 7.53. The highest BCUT2D eigenvalue weighted by Crippen LogP contribution is 2.27. The summed E-state index contributed by atoms with van der Waals surface area (Å²) >= 11 is 0. The molecule has 2 aromatic rings. The molecule has 0 aliphatic carbocycles. The van der Waals surface area contributed by atoms with Crippen molar-refractivity contribution in [3.05, 3.63) is 47.5 Å². The van der Waals surface area contributed by atoms with Crippen molar-refractivity contribution >= 4 is 24.0 Å². The predicted molar refractivity (Wildman–Crippen MR) is 100 cm³/mol. The molecule has 0 aliphatic rings. The molecule has 0 aliphatic heterocycles. The molecule has 2 rings (SSSR count). The minimum atomic E-state index is -0.174. The van der Waals surface area contributed by atoms with Crippen LogP contribution in [0.4, 0.5) is 5.69 Å². The van der Waals surface area contributed by atoms with Crippen molar-refractivity contribution in [3.63, 3.8) is 0 Å². The Labute approximate surface area is 153 Å². The van der Waals surface area contributed by atoms with Gasteiger partial charge in [-0.2, -0.15) is 0 Å². The molecule has 25 heavy (non-hydrogen) atoms. The van der Waals surface area contributed by atoms with Crippen LogP contribution in [0.25, 0.3) is 0 Å². The topological polar surface area (TPSA) is 82.8 Å². The molecule has 0 heterocycles. The van der Waals surface area contributed by atoms with Gasteiger partial charge in [-0.15, -0.1) is 12.4 Å². The average molecular weight is 367 g/mol. The van der Waals surface area contributed by atoms with E-state index < -0.39 is 0 Å². The number of methoxy groups -OCH3 is 2. The zero-order valence-electron chi connectivity index (χ0n) is 14.5. The molecule has 6 nitrogen and oxygen atoms in total. The van der Waals surface area contributed by atoms with Crippen LogP contribution in [0.15, 0.2) is 36.4 Å². The summed E-state index contributed by atoms with van der Waals surface area (Å²) in [5, 5.41) is 2.81. The number of carbonyl (C=O) groups is 1. The zero-order chi connectivity index (χ0) is 17.5. The van der Waals surface area contributed by atoms with Crippen LogP contribution >= 0.6 is 12.4 Å². The summed E-state index contributed by atoms with van der Waals surface area (Å²) in [7, 11) is 3.15. The second-order valence-corrected chi connectivity index (χ2v) is 5.23. The van der Waals surface area contributed by atoms with Gasteiger partial charge in [0, 0.05) is 29.4 Å². The lowest BCUT2D eigenvalue weighted by Gasteiger charge is -2.11. The number of hydrogen-bond acceptors (Lipinski definition) is 5. The standard InChI is InChI=1S/C18H22N2O4.ClH/c1-12-4-5-13(19)8-17(12)18(21)20-6-7-24-16-10-14(22-2)9-15(11-16)23-3;/h4-5,8-11H,6-7,19H2,1-3H3,(H,20,21);1H. The van der Waals surface area contributed by atoms with Gasteiger partial charge in [0.05, 0.1) is 20.8 Å². The van der Waals surface area contributed by atoms with Gasteiger partial charge in [-0.1, -0.05) is 6.07 Å². The van der Waals surface area contributed by atoms with E-state index in [0.29, 0.717) is 41.7 Å². The SMILES string of the molecule is COc1cc(OC)cc(OCCNC(=O)c2cc(N)ccc2C)c1.Cl. The van der Waals surface area contributed by atoms with E-state index >= 15 is 0 Å². The number of nitrogen functional groups attached to an aromatic ring is 1. The Hall–Kier alpha value is -2.60. The fourth-order valence-electron chi connectivity index (χ4n) is 2.18. The summed E-state index contributed by atoms with van der Waals surface area (Å²) in [6.45, 7) is 2.56. The molecular formula is C18H23ClN2O4. The first kappa shape index (κ1) is 20.4. The number of hydrogen-bond donors (Lipinski definition) is 2. The van der Waals surface area contributed by atoms with E-state index in [1.165, 1.54) is 0 Å². The minimum Gasteiger partial charge on any atom is -0.496 e. The van der Waals surface area contributed by atoms with Crippen molar-refractivity contribution in [2.45, 2.75) is 6.92 Å². The van der Waals surface area contributed by atoms with Crippen LogP contribution < -0.4 is 25.3 Å². The number of carbonyl (C=O) groups excluding carboxylic acids is 1. The second kappa shape index (κ2) is 9.64. The average Bonchev–Trinajstić information content (AvgIpc) is 2.60. The molecule has 0 aromatic heterocycles. The highest BCUT2D eigenvalue weighted by atomic mass is 35.5. The number of halogens is 1. The Morgan fingerprint density at radius 2 is 1.64 bits per heavy atom. The lowest BCUT2D eigenvalue weighted by molar-refractivity contribution is 0.0946. The molecule has 0 atom stereocenters. The number of nitrogens with one attached hydrogen (secondary N) is 1. The van der Waals surface area contributed by atoms with Crippen LogP contribution in [-0.2, 0) is 0 Å². The van der Waals surface area contributed by atoms with Gasteiger partial charge in [0.25, 0.3) is 5.91 Å². The maximum Gasteiger partial charge on any atom is 0.251 e. The lowest BCUT2D eigenvalue weighted by Crippen LogP contribution is -2.28. The van der Waals surface area contributed by atoms with Crippen LogP contribution in [0.1, 0.15) is 15.9 Å². The fraction of sp³-hybridized carbons (Fsp3) is 0.278. The smallest absolute Gasteiger partial charge is 0.251 e. The van der Waals surface area contributed by atoms with E-state index in [9.17, 15) is 4.79 Å². The number of nitrogens with two attached hydrogens (primary N) is 1. The molecular weight excluding hydrogens is 344 g/mol. The van der Waals surface area contributed by atoms with Gasteiger partial charge in [-0.05, 0) is 24.6 Å². The molecule has 0 unspecified atom stereocenters. The van der Waals surface area contributed by atoms with Gasteiger partial charge in [0.2, 0.25) is 0 Å². The summed E-state index contributed by atoms with van der Waals surface area (Å²) in [6.07, 6.45) is 0. The van der Waals surface area contributed by atoms with Crippen LogP contribution in [0.3, 0.4) is 0 Å². The normalized spacial score (nSPS) is 9.72. The Balaban J connectivity index is 0.00000312. The van der Waals surface area contributed by atoms with Gasteiger partial charge in [-0.3, -0.25) is 4.79 Å². The summed E-state index contributed by atoms with van der Waals surface area (Å²) in [4.78, 5) is 12.2. The molecule has 0 radical (unpaired) electrons. The monoisotopic (exact) mass is 366 g/mol. The molecule has 2 aromatic carbocycles. The zero-order valence-corrected chi connectivity index (χ0v) is 15.3. The molecule has 0 fully saturated rings. The Morgan fingerprint density at radius 1 is 1.04 bits per heavy atom. The van der Waals surface area contributed by atoms with Gasteiger partial charge < -0.3 is 25.3 Å². The van der Waals surface area contributed by atoms with Gasteiger partial charge in [-0.25, -0.2) is 0 Å². The number of rotatable bonds is 7. The summed E-state index contributed by atoms with van der Waals surface area (Å²) in [5.41, 5.74) is 7.73. The number of benzene rings is 2. The van der Waals surface area contributed by atoms with E-state index in [1.54, 1.807) is 44.6 Å². The van der Waals surface area contributed by atoms with E-state index in [4.69, 9.17) is 19.9 Å². The van der Waals surface area contributed by atoms with Crippen molar-refractivity contribution in [3.8, 4) is 17.2 Å². The number of ether oxygens (including phenoxy) is 3. The molecule has 0 saturated carbocycles. The molecule has 0 spiro atoms. The lowest BCUT2D eigenvalue weighted by atomic mass is 10.1. The highest BCUT2D eigenvalue weighted by molar-refractivity contribution is 5.96. The van der Waals surface area contributed by atoms with Crippen LogP contribution in [0.2, 0.25) is 0 Å². The van der Waals surface area contributed by atoms with Crippen molar-refractivity contribution in [1.29, 1.82) is 0 Å². The summed E-state index contributed by atoms with van der Waals surface area (Å²) in [5.74, 6) is 1.72. The fourth-order valence-corrected chi connectivity index (χ4v) is 2.18. The molecule has 7 heteroatoms. The number of amides is 1. The first-order chi connectivity index (χ1) is 11.5. The largest absolute Gasteiger partial charge is 0.496 e. The first-order valence-electron chi connectivity index (χ1n) is 7.53. The van der Waals surface area contributed by atoms with Gasteiger partial charge in [0.1, 0.15) is 23.9 Å². The van der Waals surface area contributed by atoms with Crippen molar-refractivity contribution < 1.29 is 19.0 Å². The number of anilines is 1. The Bertz CT molecular complexity index is 700. The Kier molecular flexibility index (Phi) is 7.88. The van der Waals surface area contributed by atoms with Crippen molar-refractivity contribution in [2.75, 3.05) is 33.1 Å². The van der Waals surface area contributed by atoms with E-state index in [2.05, 4.69) is 5.32 Å². The quantitative estimate of drug-likeness (QED) is 0.581. The van der Waals surface area contributed by atoms with Crippen LogP contribution in [-0.4, -0.2) is 33.3 Å². The second-order valence-electron chi connectivity index (χ2n) is 5.23.